The number of carboxylic acids is 1. The van der Waals surface area contributed by atoms with Crippen LogP contribution in [0.3, 0.4) is 0 Å². The van der Waals surface area contributed by atoms with Crippen LogP contribution in [0, 0.1) is 11.8 Å². The first-order valence-corrected chi connectivity index (χ1v) is 12.7. The second-order valence-corrected chi connectivity index (χ2v) is 9.89. The van der Waals surface area contributed by atoms with Gasteiger partial charge in [-0.2, -0.15) is 0 Å². The molecule has 1 heterocycles. The van der Waals surface area contributed by atoms with Gasteiger partial charge in [-0.25, -0.2) is 9.59 Å². The van der Waals surface area contributed by atoms with Crippen LogP contribution in [0.4, 0.5) is 4.79 Å². The molecule has 2 aliphatic carbocycles. The van der Waals surface area contributed by atoms with Gasteiger partial charge in [0.15, 0.2) is 0 Å². The third-order valence-corrected chi connectivity index (χ3v) is 7.90. The molecule has 5 rings (SSSR count). The smallest absolute Gasteiger partial charge is 0.407 e. The van der Waals surface area contributed by atoms with Crippen LogP contribution in [-0.2, 0) is 14.3 Å². The van der Waals surface area contributed by atoms with Crippen LogP contribution in [-0.4, -0.2) is 53.7 Å². The number of fused-ring (bicyclic) bond motifs is 3. The molecule has 2 fully saturated rings. The van der Waals surface area contributed by atoms with E-state index in [4.69, 9.17) is 4.74 Å². The molecule has 0 aromatic heterocycles. The summed E-state index contributed by atoms with van der Waals surface area (Å²) in [6, 6.07) is 15.7. The lowest BCUT2D eigenvalue weighted by Gasteiger charge is -2.36. The number of piperidine rings is 1. The molecule has 184 valence electrons. The lowest BCUT2D eigenvalue weighted by atomic mass is 9.92. The van der Waals surface area contributed by atoms with Crippen molar-refractivity contribution < 1.29 is 24.2 Å². The monoisotopic (exact) mass is 476 g/mol. The highest BCUT2D eigenvalue weighted by Crippen LogP contribution is 2.44. The average Bonchev–Trinajstić information content (AvgIpc) is 3.48. The number of alkyl carbamates (subject to hydrolysis) is 1. The standard InChI is InChI=1S/C28H32N2O5/c31-26(30-15-6-5-14-25(30)27(32)33)19-13-7-8-18(19)16-29-28(34)35-17-24-22-11-3-1-9-20(22)21-10-2-4-12-23(21)24/h1-4,9-12,18-19,24-25H,5-8,13-17H2,(H,29,34)(H,32,33)/t18-,19-,25-/m1/s1. The van der Waals surface area contributed by atoms with Gasteiger partial charge in [0.2, 0.25) is 5.91 Å². The maximum Gasteiger partial charge on any atom is 0.407 e. The van der Waals surface area contributed by atoms with E-state index in [2.05, 4.69) is 29.6 Å². The Morgan fingerprint density at radius 1 is 0.914 bits per heavy atom. The molecule has 35 heavy (non-hydrogen) atoms. The number of amides is 2. The van der Waals surface area contributed by atoms with Gasteiger partial charge in [-0.15, -0.1) is 0 Å². The molecule has 2 N–H and O–H groups in total. The van der Waals surface area contributed by atoms with E-state index in [9.17, 15) is 19.5 Å². The Kier molecular flexibility index (Phi) is 6.75. The molecular weight excluding hydrogens is 444 g/mol. The topological polar surface area (TPSA) is 95.9 Å². The van der Waals surface area contributed by atoms with E-state index in [0.29, 0.717) is 19.5 Å². The Balaban J connectivity index is 1.17. The molecule has 2 amide bonds. The maximum absolute atomic E-state index is 13.2. The molecule has 1 saturated heterocycles. The number of rotatable bonds is 6. The minimum atomic E-state index is -0.927. The van der Waals surface area contributed by atoms with Crippen LogP contribution in [0.25, 0.3) is 11.1 Å². The Morgan fingerprint density at radius 3 is 2.29 bits per heavy atom. The maximum atomic E-state index is 13.2. The molecule has 0 spiro atoms. The highest BCUT2D eigenvalue weighted by Gasteiger charge is 2.40. The van der Waals surface area contributed by atoms with Crippen LogP contribution in [0.15, 0.2) is 48.5 Å². The predicted octanol–water partition coefficient (Wildman–Crippen LogP) is 4.41. The summed E-state index contributed by atoms with van der Waals surface area (Å²) in [6.07, 6.45) is 4.18. The molecular formula is C28H32N2O5. The van der Waals surface area contributed by atoms with Gasteiger partial charge in [-0.3, -0.25) is 4.79 Å². The molecule has 0 unspecified atom stereocenters. The molecule has 7 nitrogen and oxygen atoms in total. The van der Waals surface area contributed by atoms with E-state index >= 15 is 0 Å². The minimum Gasteiger partial charge on any atom is -0.480 e. The first-order chi connectivity index (χ1) is 17.0. The molecule has 7 heteroatoms. The Hall–Kier alpha value is -3.35. The number of hydrogen-bond donors (Lipinski definition) is 2. The van der Waals surface area contributed by atoms with Crippen LogP contribution in [0.1, 0.15) is 55.6 Å². The second-order valence-electron chi connectivity index (χ2n) is 9.89. The van der Waals surface area contributed by atoms with Crippen molar-refractivity contribution in [1.29, 1.82) is 0 Å². The van der Waals surface area contributed by atoms with Crippen molar-refractivity contribution in [3.8, 4) is 11.1 Å². The number of nitrogens with one attached hydrogen (secondary N) is 1. The summed E-state index contributed by atoms with van der Waals surface area (Å²) in [6.45, 7) is 1.11. The van der Waals surface area contributed by atoms with E-state index in [-0.39, 0.29) is 30.3 Å². The molecule has 0 radical (unpaired) electrons. The predicted molar refractivity (Wildman–Crippen MR) is 131 cm³/mol. The third-order valence-electron chi connectivity index (χ3n) is 7.90. The van der Waals surface area contributed by atoms with Crippen LogP contribution in [0.2, 0.25) is 0 Å². The van der Waals surface area contributed by atoms with Crippen molar-refractivity contribution in [3.05, 3.63) is 59.7 Å². The van der Waals surface area contributed by atoms with E-state index in [1.165, 1.54) is 11.1 Å². The number of aliphatic carboxylic acids is 1. The molecule has 3 atom stereocenters. The van der Waals surface area contributed by atoms with Crippen molar-refractivity contribution in [2.24, 2.45) is 11.8 Å². The molecule has 1 aliphatic heterocycles. The van der Waals surface area contributed by atoms with Crippen molar-refractivity contribution >= 4 is 18.0 Å². The Labute approximate surface area is 205 Å². The van der Waals surface area contributed by atoms with Crippen molar-refractivity contribution in [2.45, 2.75) is 50.5 Å². The number of likely N-dealkylation sites (tertiary alicyclic amines) is 1. The van der Waals surface area contributed by atoms with E-state index in [0.717, 1.165) is 43.2 Å². The van der Waals surface area contributed by atoms with Crippen molar-refractivity contribution in [3.63, 3.8) is 0 Å². The van der Waals surface area contributed by atoms with Crippen LogP contribution in [0.5, 0.6) is 0 Å². The third kappa shape index (κ3) is 4.64. The summed E-state index contributed by atoms with van der Waals surface area (Å²) < 4.78 is 5.64. The average molecular weight is 477 g/mol. The van der Waals surface area contributed by atoms with E-state index in [1.807, 2.05) is 24.3 Å². The Morgan fingerprint density at radius 2 is 1.60 bits per heavy atom. The SMILES string of the molecule is O=C(NC[C@H]1CCC[C@H]1C(=O)N1CCCC[C@@H]1C(=O)O)OCC1c2ccccc2-c2ccccc21. The van der Waals surface area contributed by atoms with Gasteiger partial charge >= 0.3 is 12.1 Å². The normalized spacial score (nSPS) is 23.4. The summed E-state index contributed by atoms with van der Waals surface area (Å²) in [5.41, 5.74) is 4.69. The summed E-state index contributed by atoms with van der Waals surface area (Å²) in [5.74, 6) is -1.25. The van der Waals surface area contributed by atoms with Crippen molar-refractivity contribution in [1.82, 2.24) is 10.2 Å². The molecule has 2 aromatic carbocycles. The van der Waals surface area contributed by atoms with Gasteiger partial charge in [0.05, 0.1) is 0 Å². The van der Waals surface area contributed by atoms with E-state index in [1.54, 1.807) is 4.90 Å². The number of carboxylic acid groups (broad SMARTS) is 1. The fourth-order valence-electron chi connectivity index (χ4n) is 6.14. The highest BCUT2D eigenvalue weighted by atomic mass is 16.5. The first kappa shape index (κ1) is 23.4. The van der Waals surface area contributed by atoms with Crippen LogP contribution >= 0.6 is 0 Å². The van der Waals surface area contributed by atoms with Crippen LogP contribution < -0.4 is 5.32 Å². The number of carbonyl (C=O) groups excluding carboxylic acids is 2. The fourth-order valence-corrected chi connectivity index (χ4v) is 6.14. The van der Waals surface area contributed by atoms with Gasteiger partial charge in [-0.1, -0.05) is 55.0 Å². The number of ether oxygens (including phenoxy) is 1. The molecule has 2 aromatic rings. The summed E-state index contributed by atoms with van der Waals surface area (Å²) in [7, 11) is 0. The van der Waals surface area contributed by atoms with E-state index < -0.39 is 18.1 Å². The summed E-state index contributed by atoms with van der Waals surface area (Å²) in [4.78, 5) is 39.0. The highest BCUT2D eigenvalue weighted by molar-refractivity contribution is 5.86. The largest absolute Gasteiger partial charge is 0.480 e. The van der Waals surface area contributed by atoms with Gasteiger partial charge < -0.3 is 20.1 Å². The number of benzene rings is 2. The fraction of sp³-hybridized carbons (Fsp3) is 0.464. The first-order valence-electron chi connectivity index (χ1n) is 12.7. The van der Waals surface area contributed by atoms with Crippen molar-refractivity contribution in [2.75, 3.05) is 19.7 Å². The Bertz CT molecular complexity index is 1070. The molecule has 0 bridgehead atoms. The molecule has 1 saturated carbocycles. The molecule has 3 aliphatic rings. The van der Waals surface area contributed by atoms with Gasteiger partial charge in [-0.05, 0) is 60.3 Å². The van der Waals surface area contributed by atoms with Gasteiger partial charge in [0, 0.05) is 24.9 Å². The summed E-state index contributed by atoms with van der Waals surface area (Å²) in [5, 5.41) is 12.4. The zero-order valence-corrected chi connectivity index (χ0v) is 19.8. The second kappa shape index (κ2) is 10.1. The van der Waals surface area contributed by atoms with Gasteiger partial charge in [0.1, 0.15) is 12.6 Å². The minimum absolute atomic E-state index is 0.000598. The lowest BCUT2D eigenvalue weighted by Crippen LogP contribution is -2.51. The zero-order valence-electron chi connectivity index (χ0n) is 19.8. The quantitative estimate of drug-likeness (QED) is 0.644. The van der Waals surface area contributed by atoms with Gasteiger partial charge in [0.25, 0.3) is 0 Å². The summed E-state index contributed by atoms with van der Waals surface area (Å²) >= 11 is 0. The number of carbonyl (C=O) groups is 3. The number of hydrogen-bond acceptors (Lipinski definition) is 4. The zero-order chi connectivity index (χ0) is 24.4. The lowest BCUT2D eigenvalue weighted by molar-refractivity contribution is -0.154. The number of nitrogens with zero attached hydrogens (tertiary/aromatic N) is 1.